The molecule has 0 radical (unpaired) electrons. The van der Waals surface area contributed by atoms with Gasteiger partial charge in [-0.05, 0) is 28.1 Å². The second-order valence-electron chi connectivity index (χ2n) is 4.31. The highest BCUT2D eigenvalue weighted by Gasteiger charge is 2.15. The van der Waals surface area contributed by atoms with Crippen LogP contribution >= 0.6 is 27.7 Å². The fourth-order valence-corrected chi connectivity index (χ4v) is 3.29. The summed E-state index contributed by atoms with van der Waals surface area (Å²) in [6.45, 7) is 4.83. The second-order valence-corrected chi connectivity index (χ2v) is 6.17. The maximum atomic E-state index is 10.0. The molecular formula is C12H18BrN3OS. The predicted molar refractivity (Wildman–Crippen MR) is 78.0 cm³/mol. The molecule has 0 aliphatic carbocycles. The molecule has 0 saturated carbocycles. The Hall–Kier alpha value is -0.140. The number of piperazine rings is 1. The van der Waals surface area contributed by atoms with Crippen LogP contribution in [0.2, 0.25) is 0 Å². The number of aliphatic hydroxyl groups is 1. The van der Waals surface area contributed by atoms with Gasteiger partial charge in [0, 0.05) is 49.1 Å². The van der Waals surface area contributed by atoms with Crippen LogP contribution in [0.3, 0.4) is 0 Å². The van der Waals surface area contributed by atoms with E-state index in [1.165, 1.54) is 0 Å². The highest BCUT2D eigenvalue weighted by molar-refractivity contribution is 9.10. The highest BCUT2D eigenvalue weighted by Crippen LogP contribution is 2.25. The number of nitrogens with zero attached hydrogens (tertiary/aromatic N) is 2. The van der Waals surface area contributed by atoms with Crippen molar-refractivity contribution in [3.63, 3.8) is 0 Å². The Bertz CT molecular complexity index is 374. The minimum absolute atomic E-state index is 0.304. The van der Waals surface area contributed by atoms with Gasteiger partial charge in [-0.2, -0.15) is 0 Å². The van der Waals surface area contributed by atoms with E-state index in [1.54, 1.807) is 18.0 Å². The first-order chi connectivity index (χ1) is 8.75. The molecule has 1 aliphatic rings. The monoisotopic (exact) mass is 331 g/mol. The molecule has 4 nitrogen and oxygen atoms in total. The molecule has 0 aromatic carbocycles. The largest absolute Gasteiger partial charge is 0.391 e. The third-order valence-electron chi connectivity index (χ3n) is 2.82. The lowest BCUT2D eigenvalue weighted by atomic mass is 10.3. The summed E-state index contributed by atoms with van der Waals surface area (Å²) in [5, 5.41) is 14.3. The summed E-state index contributed by atoms with van der Waals surface area (Å²) >= 11 is 5.05. The van der Waals surface area contributed by atoms with Gasteiger partial charge in [0.1, 0.15) is 5.03 Å². The van der Waals surface area contributed by atoms with Crippen LogP contribution in [0.1, 0.15) is 0 Å². The molecule has 1 aromatic rings. The van der Waals surface area contributed by atoms with E-state index in [2.05, 4.69) is 31.1 Å². The molecule has 1 atom stereocenters. The Morgan fingerprint density at radius 3 is 3.00 bits per heavy atom. The standard InChI is InChI=1S/C12H18BrN3OS/c13-11-2-1-3-15-12(11)18-9-10(17)8-16-6-4-14-5-7-16/h1-3,10,14,17H,4-9H2. The van der Waals surface area contributed by atoms with Crippen molar-refractivity contribution in [1.82, 2.24) is 15.2 Å². The molecule has 1 unspecified atom stereocenters. The van der Waals surface area contributed by atoms with Crippen molar-refractivity contribution < 1.29 is 5.11 Å². The number of thioether (sulfide) groups is 1. The molecular weight excluding hydrogens is 314 g/mol. The topological polar surface area (TPSA) is 48.4 Å². The lowest BCUT2D eigenvalue weighted by molar-refractivity contribution is 0.121. The van der Waals surface area contributed by atoms with Gasteiger partial charge in [-0.15, -0.1) is 11.8 Å². The Balaban J connectivity index is 1.74. The van der Waals surface area contributed by atoms with Crippen LogP contribution in [0.5, 0.6) is 0 Å². The first-order valence-corrected chi connectivity index (χ1v) is 7.88. The van der Waals surface area contributed by atoms with Gasteiger partial charge in [-0.25, -0.2) is 4.98 Å². The third-order valence-corrected chi connectivity index (χ3v) is 4.87. The van der Waals surface area contributed by atoms with Gasteiger partial charge in [0.25, 0.3) is 0 Å². The molecule has 2 rings (SSSR count). The number of β-amino-alcohol motifs (C(OH)–C–C–N with tert-alkyl or cyclic N) is 1. The van der Waals surface area contributed by atoms with E-state index in [0.29, 0.717) is 5.75 Å². The molecule has 0 amide bonds. The fraction of sp³-hybridized carbons (Fsp3) is 0.583. The van der Waals surface area contributed by atoms with E-state index in [1.807, 2.05) is 12.1 Å². The van der Waals surface area contributed by atoms with Crippen molar-refractivity contribution in [1.29, 1.82) is 0 Å². The molecule has 18 heavy (non-hydrogen) atoms. The second kappa shape index (κ2) is 7.45. The smallest absolute Gasteiger partial charge is 0.110 e. The van der Waals surface area contributed by atoms with E-state index in [0.717, 1.165) is 42.2 Å². The Morgan fingerprint density at radius 2 is 2.28 bits per heavy atom. The molecule has 0 bridgehead atoms. The van der Waals surface area contributed by atoms with Crippen LogP contribution in [-0.2, 0) is 0 Å². The number of hydrogen-bond acceptors (Lipinski definition) is 5. The van der Waals surface area contributed by atoms with Gasteiger partial charge in [0.2, 0.25) is 0 Å². The number of nitrogens with one attached hydrogen (secondary N) is 1. The summed E-state index contributed by atoms with van der Waals surface area (Å²) in [7, 11) is 0. The van der Waals surface area contributed by atoms with E-state index in [-0.39, 0.29) is 6.10 Å². The Labute approximate surface area is 120 Å². The van der Waals surface area contributed by atoms with Gasteiger partial charge in [0.05, 0.1) is 6.10 Å². The number of hydrogen-bond donors (Lipinski definition) is 2. The van der Waals surface area contributed by atoms with Gasteiger partial charge < -0.3 is 10.4 Å². The van der Waals surface area contributed by atoms with Crippen LogP contribution in [-0.4, -0.2) is 59.6 Å². The summed E-state index contributed by atoms with van der Waals surface area (Å²) in [6.07, 6.45) is 1.47. The molecule has 1 aromatic heterocycles. The van der Waals surface area contributed by atoms with Crippen LogP contribution in [0.15, 0.2) is 27.8 Å². The highest BCUT2D eigenvalue weighted by atomic mass is 79.9. The maximum Gasteiger partial charge on any atom is 0.110 e. The first kappa shape index (κ1) is 14.3. The van der Waals surface area contributed by atoms with Crippen LogP contribution in [0.25, 0.3) is 0 Å². The summed E-state index contributed by atoms with van der Waals surface area (Å²) in [5.41, 5.74) is 0. The van der Waals surface area contributed by atoms with E-state index in [9.17, 15) is 5.11 Å². The zero-order valence-corrected chi connectivity index (χ0v) is 12.6. The average molecular weight is 332 g/mol. The minimum Gasteiger partial charge on any atom is -0.391 e. The van der Waals surface area contributed by atoms with Crippen molar-refractivity contribution in [2.45, 2.75) is 11.1 Å². The van der Waals surface area contributed by atoms with Crippen molar-refractivity contribution in [2.24, 2.45) is 0 Å². The molecule has 2 N–H and O–H groups in total. The zero-order valence-electron chi connectivity index (χ0n) is 10.2. The molecule has 6 heteroatoms. The third kappa shape index (κ3) is 4.51. The zero-order chi connectivity index (χ0) is 12.8. The van der Waals surface area contributed by atoms with Gasteiger partial charge in [0.15, 0.2) is 0 Å². The van der Waals surface area contributed by atoms with Crippen molar-refractivity contribution >= 4 is 27.7 Å². The SMILES string of the molecule is OC(CSc1ncccc1Br)CN1CCNCC1. The maximum absolute atomic E-state index is 10.0. The summed E-state index contributed by atoms with van der Waals surface area (Å²) in [4.78, 5) is 6.58. The molecule has 0 spiro atoms. The van der Waals surface area contributed by atoms with Crippen LogP contribution < -0.4 is 5.32 Å². The van der Waals surface area contributed by atoms with E-state index >= 15 is 0 Å². The average Bonchev–Trinajstić information content (AvgIpc) is 2.39. The quantitative estimate of drug-likeness (QED) is 0.794. The normalized spacial score (nSPS) is 18.8. The van der Waals surface area contributed by atoms with Crippen molar-refractivity contribution in [3.05, 3.63) is 22.8 Å². The molecule has 1 saturated heterocycles. The number of aliphatic hydroxyl groups excluding tert-OH is 1. The van der Waals surface area contributed by atoms with E-state index in [4.69, 9.17) is 0 Å². The summed E-state index contributed by atoms with van der Waals surface area (Å²) < 4.78 is 0.990. The van der Waals surface area contributed by atoms with Crippen LogP contribution in [0, 0.1) is 0 Å². The van der Waals surface area contributed by atoms with E-state index < -0.39 is 0 Å². The molecule has 1 aliphatic heterocycles. The number of rotatable bonds is 5. The van der Waals surface area contributed by atoms with Gasteiger partial charge in [-0.3, -0.25) is 4.90 Å². The molecule has 1 fully saturated rings. The number of halogens is 1. The lowest BCUT2D eigenvalue weighted by Gasteiger charge is -2.28. The Morgan fingerprint density at radius 1 is 1.50 bits per heavy atom. The minimum atomic E-state index is -0.304. The Kier molecular flexibility index (Phi) is 5.91. The lowest BCUT2D eigenvalue weighted by Crippen LogP contribution is -2.46. The van der Waals surface area contributed by atoms with Gasteiger partial charge in [-0.1, -0.05) is 0 Å². The van der Waals surface area contributed by atoms with Crippen molar-refractivity contribution in [2.75, 3.05) is 38.5 Å². The van der Waals surface area contributed by atoms with Crippen LogP contribution in [0.4, 0.5) is 0 Å². The van der Waals surface area contributed by atoms with Crippen molar-refractivity contribution in [3.8, 4) is 0 Å². The fourth-order valence-electron chi connectivity index (χ4n) is 1.90. The molecule has 100 valence electrons. The summed E-state index contributed by atoms with van der Waals surface area (Å²) in [6, 6.07) is 3.86. The number of pyridine rings is 1. The number of aromatic nitrogens is 1. The first-order valence-electron chi connectivity index (χ1n) is 6.10. The molecule has 2 heterocycles. The van der Waals surface area contributed by atoms with Gasteiger partial charge >= 0.3 is 0 Å². The summed E-state index contributed by atoms with van der Waals surface area (Å²) in [5.74, 6) is 0.680. The predicted octanol–water partition coefficient (Wildman–Crippen LogP) is 1.20.